The number of rotatable bonds is 6. The van der Waals surface area contributed by atoms with E-state index in [1.165, 1.54) is 12.5 Å². The van der Waals surface area contributed by atoms with Crippen LogP contribution in [0.1, 0.15) is 83.6 Å². The molecule has 4 fully saturated rings. The van der Waals surface area contributed by atoms with Gasteiger partial charge in [-0.15, -0.1) is 0 Å². The molecule has 1 aromatic heterocycles. The summed E-state index contributed by atoms with van der Waals surface area (Å²) in [5, 5.41) is 12.0. The van der Waals surface area contributed by atoms with Crippen molar-refractivity contribution < 1.29 is 33.7 Å². The van der Waals surface area contributed by atoms with E-state index in [2.05, 4.69) is 18.8 Å². The number of carbonyl (C=O) groups is 3. The number of aromatic nitrogens is 1. The first-order valence-electron chi connectivity index (χ1n) is 16.5. The fraction of sp³-hybridized carbons (Fsp3) is 0.611. The molecule has 1 N–H and O–H groups in total. The molecule has 6 aliphatic rings. The minimum atomic E-state index is -0.674. The number of hydrogen-bond donors (Lipinski definition) is 1. The largest absolute Gasteiger partial charge is 0.455 e. The Kier molecular flexibility index (Phi) is 7.54. The second-order valence-electron chi connectivity index (χ2n) is 14.3. The van der Waals surface area contributed by atoms with Crippen LogP contribution in [-0.4, -0.2) is 46.6 Å². The van der Waals surface area contributed by atoms with E-state index in [0.717, 1.165) is 56.1 Å². The van der Waals surface area contributed by atoms with E-state index in [0.29, 0.717) is 24.4 Å². The Morgan fingerprint density at radius 1 is 1.11 bits per heavy atom. The summed E-state index contributed by atoms with van der Waals surface area (Å²) in [6.07, 6.45) is 16.2. The van der Waals surface area contributed by atoms with Gasteiger partial charge >= 0.3 is 5.97 Å². The molecule has 3 unspecified atom stereocenters. The quantitative estimate of drug-likeness (QED) is 0.326. The van der Waals surface area contributed by atoms with Gasteiger partial charge in [0.2, 0.25) is 17.8 Å². The molecule has 0 spiro atoms. The maximum absolute atomic E-state index is 13.5. The number of hydrogen-bond acceptors (Lipinski definition) is 8. The molecule has 1 aliphatic heterocycles. The molecular formula is C36H43NO7. The van der Waals surface area contributed by atoms with Gasteiger partial charge in [0.05, 0.1) is 11.5 Å². The van der Waals surface area contributed by atoms with Gasteiger partial charge in [-0.3, -0.25) is 14.6 Å². The molecule has 0 amide bonds. The van der Waals surface area contributed by atoms with Gasteiger partial charge in [0.1, 0.15) is 0 Å². The van der Waals surface area contributed by atoms with Crippen molar-refractivity contribution in [3.05, 3.63) is 59.3 Å². The number of allylic oxidation sites excluding steroid dienone is 2. The summed E-state index contributed by atoms with van der Waals surface area (Å²) >= 11 is 0. The highest BCUT2D eigenvalue weighted by atomic mass is 16.7. The zero-order chi connectivity index (χ0) is 30.6. The molecule has 2 heterocycles. The van der Waals surface area contributed by atoms with Gasteiger partial charge in [-0.1, -0.05) is 37.8 Å². The Bertz CT molecular complexity index is 1420. The standard InChI is InChI=1S/C36H43NO7/c1-35-18-28(39)31-24(25(35)13-14-26(35)29(40)20-42-30(41)15-10-21-7-6-16-37-19-21)12-11-23-17-27(38)32-33(36(23,31)2)44-34(43-32)22-8-4-3-5-9-22/h6-7,10,15-17,19,22,24-26,28,31,34,39H,3-5,8-9,11-14,18,20H2,1-2H3/t24?,25?,26-,28+,31?,34+,35+,36+/m1/s1. The summed E-state index contributed by atoms with van der Waals surface area (Å²) < 4.78 is 18.3. The Morgan fingerprint density at radius 2 is 1.93 bits per heavy atom. The first kappa shape index (κ1) is 29.5. The minimum absolute atomic E-state index is 0.0810. The highest BCUT2D eigenvalue weighted by Gasteiger charge is 2.66. The van der Waals surface area contributed by atoms with E-state index in [1.807, 2.05) is 6.07 Å². The van der Waals surface area contributed by atoms with E-state index in [-0.39, 0.29) is 47.8 Å². The van der Waals surface area contributed by atoms with Crippen molar-refractivity contribution in [3.8, 4) is 0 Å². The van der Waals surface area contributed by atoms with E-state index >= 15 is 0 Å². The van der Waals surface area contributed by atoms with Crippen LogP contribution in [0.2, 0.25) is 0 Å². The lowest BCUT2D eigenvalue weighted by molar-refractivity contribution is -0.153. The third kappa shape index (κ3) is 4.75. The zero-order valence-electron chi connectivity index (χ0n) is 25.7. The predicted molar refractivity (Wildman–Crippen MR) is 161 cm³/mol. The number of nitrogens with zero attached hydrogens (tertiary/aromatic N) is 1. The maximum atomic E-state index is 13.5. The lowest BCUT2D eigenvalue weighted by atomic mass is 9.46. The van der Waals surface area contributed by atoms with Crippen LogP contribution in [0.4, 0.5) is 0 Å². The van der Waals surface area contributed by atoms with Gasteiger partial charge in [0, 0.05) is 36.2 Å². The van der Waals surface area contributed by atoms with Crippen LogP contribution in [0, 0.1) is 40.4 Å². The lowest BCUT2D eigenvalue weighted by Gasteiger charge is -2.59. The van der Waals surface area contributed by atoms with Gasteiger partial charge < -0.3 is 19.3 Å². The average molecular weight is 602 g/mol. The van der Waals surface area contributed by atoms with E-state index < -0.39 is 29.2 Å². The third-order valence-electron chi connectivity index (χ3n) is 12.1. The number of aliphatic hydroxyl groups excluding tert-OH is 1. The van der Waals surface area contributed by atoms with Crippen LogP contribution >= 0.6 is 0 Å². The molecule has 7 rings (SSSR count). The molecule has 1 aromatic rings. The van der Waals surface area contributed by atoms with Crippen LogP contribution in [0.15, 0.2) is 53.8 Å². The average Bonchev–Trinajstić information content (AvgIpc) is 3.63. The molecule has 0 aromatic carbocycles. The number of pyridine rings is 1. The molecule has 44 heavy (non-hydrogen) atoms. The van der Waals surface area contributed by atoms with Crippen LogP contribution in [0.5, 0.6) is 0 Å². The monoisotopic (exact) mass is 601 g/mol. The van der Waals surface area contributed by atoms with Crippen LogP contribution in [0.3, 0.4) is 0 Å². The van der Waals surface area contributed by atoms with Gasteiger partial charge in [-0.2, -0.15) is 0 Å². The third-order valence-corrected chi connectivity index (χ3v) is 12.1. The van der Waals surface area contributed by atoms with Crippen molar-refractivity contribution in [2.24, 2.45) is 40.4 Å². The number of esters is 1. The van der Waals surface area contributed by atoms with Crippen LogP contribution < -0.4 is 0 Å². The number of Topliss-reactive ketones (excluding diaryl/α,β-unsaturated/α-hetero) is 1. The predicted octanol–water partition coefficient (Wildman–Crippen LogP) is 5.71. The van der Waals surface area contributed by atoms with Crippen molar-refractivity contribution in [2.75, 3.05) is 6.61 Å². The molecule has 0 bridgehead atoms. The SMILES string of the molecule is C[C@@]12C(=CC(=O)C3=C1O[C@@H](C1CCCCC1)O3)CCC1C2[C@@H](O)C[C@@]2(C)C1CC[C@@H]2C(=O)COC(=O)C=Cc1cccnc1. The Morgan fingerprint density at radius 3 is 2.70 bits per heavy atom. The zero-order valence-corrected chi connectivity index (χ0v) is 25.7. The summed E-state index contributed by atoms with van der Waals surface area (Å²) in [5.41, 5.74) is 0.798. The molecule has 8 nitrogen and oxygen atoms in total. The summed E-state index contributed by atoms with van der Waals surface area (Å²) in [5.74, 6) is 0.482. The molecule has 0 radical (unpaired) electrons. The summed E-state index contributed by atoms with van der Waals surface area (Å²) in [6.45, 7) is 4.02. The first-order chi connectivity index (χ1) is 21.2. The van der Waals surface area contributed by atoms with E-state index in [9.17, 15) is 19.5 Å². The molecule has 8 atom stereocenters. The van der Waals surface area contributed by atoms with Crippen molar-refractivity contribution >= 4 is 23.6 Å². The fourth-order valence-electron chi connectivity index (χ4n) is 10.1. The van der Waals surface area contributed by atoms with E-state index in [4.69, 9.17) is 14.2 Å². The minimum Gasteiger partial charge on any atom is -0.455 e. The second-order valence-corrected chi connectivity index (χ2v) is 14.3. The first-order valence-corrected chi connectivity index (χ1v) is 16.5. The van der Waals surface area contributed by atoms with Gasteiger partial charge in [0.15, 0.2) is 18.1 Å². The lowest BCUT2D eigenvalue weighted by Crippen LogP contribution is -2.57. The van der Waals surface area contributed by atoms with Gasteiger partial charge in [-0.25, -0.2) is 4.79 Å². The Balaban J connectivity index is 1.07. The van der Waals surface area contributed by atoms with E-state index in [1.54, 1.807) is 30.6 Å². The molecule has 234 valence electrons. The molecule has 8 heteroatoms. The van der Waals surface area contributed by atoms with Crippen molar-refractivity contribution in [1.82, 2.24) is 4.98 Å². The highest BCUT2D eigenvalue weighted by Crippen LogP contribution is 2.68. The second kappa shape index (κ2) is 11.3. The molecule has 5 aliphatic carbocycles. The molecule has 4 saturated carbocycles. The number of ketones is 2. The summed E-state index contributed by atoms with van der Waals surface area (Å²) in [7, 11) is 0. The Hall–Kier alpha value is -3.26. The number of fused-ring (bicyclic) bond motifs is 6. The van der Waals surface area contributed by atoms with Crippen LogP contribution in [0.25, 0.3) is 6.08 Å². The number of carbonyl (C=O) groups excluding carboxylic acids is 3. The molecular weight excluding hydrogens is 558 g/mol. The molecule has 0 saturated heterocycles. The van der Waals surface area contributed by atoms with Gasteiger partial charge in [-0.05, 0) is 92.9 Å². The maximum Gasteiger partial charge on any atom is 0.331 e. The Labute approximate surface area is 258 Å². The number of ether oxygens (including phenoxy) is 3. The smallest absolute Gasteiger partial charge is 0.331 e. The van der Waals surface area contributed by atoms with Crippen molar-refractivity contribution in [1.29, 1.82) is 0 Å². The van der Waals surface area contributed by atoms with Crippen LogP contribution in [-0.2, 0) is 28.6 Å². The van der Waals surface area contributed by atoms with Crippen molar-refractivity contribution in [3.63, 3.8) is 0 Å². The van der Waals surface area contributed by atoms with Crippen molar-refractivity contribution in [2.45, 2.75) is 90.4 Å². The summed E-state index contributed by atoms with van der Waals surface area (Å²) in [4.78, 5) is 43.2. The number of aliphatic hydroxyl groups is 1. The summed E-state index contributed by atoms with van der Waals surface area (Å²) in [6, 6.07) is 3.61. The fourth-order valence-corrected chi connectivity index (χ4v) is 10.1. The topological polar surface area (TPSA) is 112 Å². The van der Waals surface area contributed by atoms with Gasteiger partial charge in [0.25, 0.3) is 0 Å². The normalized spacial score (nSPS) is 38.2. The highest BCUT2D eigenvalue weighted by molar-refractivity contribution is 6.05.